The normalized spacial score (nSPS) is 20.1. The molecule has 4 heterocycles. The van der Waals surface area contributed by atoms with Crippen molar-refractivity contribution in [3.8, 4) is 11.8 Å². The Balaban J connectivity index is 0.00000384. The van der Waals surface area contributed by atoms with E-state index in [1.807, 2.05) is 6.07 Å². The summed E-state index contributed by atoms with van der Waals surface area (Å²) in [7, 11) is 3.83. The molecule has 0 bridgehead atoms. The Morgan fingerprint density at radius 2 is 2.00 bits per heavy atom. The van der Waals surface area contributed by atoms with E-state index in [4.69, 9.17) is 26.0 Å². The van der Waals surface area contributed by atoms with Gasteiger partial charge in [0.2, 0.25) is 12.5 Å². The minimum Gasteiger partial charge on any atom is -0.497 e. The van der Waals surface area contributed by atoms with Gasteiger partial charge in [0.1, 0.15) is 24.2 Å². The number of carbonyl (C=O) groups excluding carboxylic acids is 1. The van der Waals surface area contributed by atoms with Crippen LogP contribution in [0.2, 0.25) is 0 Å². The quantitative estimate of drug-likeness (QED) is 0.279. The average Bonchev–Trinajstić information content (AvgIpc) is 3.46. The molecule has 10 nitrogen and oxygen atoms in total. The second kappa shape index (κ2) is 13.7. The van der Waals surface area contributed by atoms with Crippen LogP contribution in [0.5, 0.6) is 11.8 Å². The van der Waals surface area contributed by atoms with Gasteiger partial charge in [-0.1, -0.05) is 24.8 Å². The SMILES string of the molecule is S.[C-]#[N+]CC1CN(c2nc(OC[C@@H]3CCCN3C)nc3c2CCN(c2cccc4ccc(OC)cc24)C3)CCN1C(=O)C=C. The van der Waals surface area contributed by atoms with Crippen molar-refractivity contribution in [2.75, 3.05) is 69.8 Å². The maximum Gasteiger partial charge on any atom is 0.318 e. The van der Waals surface area contributed by atoms with Crippen LogP contribution < -0.4 is 19.3 Å². The highest BCUT2D eigenvalue weighted by Gasteiger charge is 2.35. The van der Waals surface area contributed by atoms with E-state index in [2.05, 4.69) is 63.5 Å². The first-order valence-electron chi connectivity index (χ1n) is 15.0. The Morgan fingerprint density at radius 1 is 1.14 bits per heavy atom. The number of anilines is 2. The van der Waals surface area contributed by atoms with Gasteiger partial charge in [-0.15, -0.1) is 0 Å². The number of likely N-dealkylation sites (N-methyl/N-ethyl adjacent to an activating group) is 1. The van der Waals surface area contributed by atoms with Crippen LogP contribution >= 0.6 is 13.5 Å². The molecule has 3 aliphatic heterocycles. The van der Waals surface area contributed by atoms with E-state index in [0.717, 1.165) is 65.2 Å². The van der Waals surface area contributed by atoms with Crippen LogP contribution in [0.4, 0.5) is 11.5 Å². The van der Waals surface area contributed by atoms with Crippen molar-refractivity contribution in [2.24, 2.45) is 0 Å². The van der Waals surface area contributed by atoms with Gasteiger partial charge in [-0.05, 0) is 62.5 Å². The van der Waals surface area contributed by atoms with Crippen molar-refractivity contribution in [2.45, 2.75) is 37.9 Å². The van der Waals surface area contributed by atoms with Crippen LogP contribution in [-0.4, -0.2) is 97.8 Å². The van der Waals surface area contributed by atoms with E-state index in [1.165, 1.54) is 12.5 Å². The number of amides is 1. The number of likely N-dealkylation sites (tertiary alicyclic amines) is 1. The highest BCUT2D eigenvalue weighted by molar-refractivity contribution is 7.59. The molecule has 3 aliphatic rings. The Morgan fingerprint density at radius 3 is 2.75 bits per heavy atom. The summed E-state index contributed by atoms with van der Waals surface area (Å²) in [6.45, 7) is 16.1. The molecule has 11 heteroatoms. The number of rotatable bonds is 8. The predicted molar refractivity (Wildman–Crippen MR) is 178 cm³/mol. The number of piperazine rings is 1. The van der Waals surface area contributed by atoms with Crippen molar-refractivity contribution in [3.63, 3.8) is 0 Å². The fraction of sp³-hybridized carbons (Fsp3) is 0.455. The minimum atomic E-state index is -0.232. The molecule has 1 aromatic heterocycles. The second-order valence-corrected chi connectivity index (χ2v) is 11.6. The number of aromatic nitrogens is 2. The summed E-state index contributed by atoms with van der Waals surface area (Å²) in [4.78, 5) is 34.8. The second-order valence-electron chi connectivity index (χ2n) is 11.6. The molecule has 232 valence electrons. The molecule has 0 N–H and O–H groups in total. The number of benzene rings is 2. The van der Waals surface area contributed by atoms with Crippen LogP contribution in [0.25, 0.3) is 15.6 Å². The van der Waals surface area contributed by atoms with Crippen LogP contribution in [-0.2, 0) is 17.8 Å². The van der Waals surface area contributed by atoms with Gasteiger partial charge in [-0.2, -0.15) is 23.5 Å². The predicted octanol–water partition coefficient (Wildman–Crippen LogP) is 3.91. The lowest BCUT2D eigenvalue weighted by Crippen LogP contribution is -2.56. The number of fused-ring (bicyclic) bond motifs is 2. The van der Waals surface area contributed by atoms with Crippen molar-refractivity contribution >= 4 is 41.7 Å². The summed E-state index contributed by atoms with van der Waals surface area (Å²) in [5.74, 6) is 1.56. The van der Waals surface area contributed by atoms with E-state index < -0.39 is 0 Å². The molecule has 0 radical (unpaired) electrons. The first-order chi connectivity index (χ1) is 21.0. The van der Waals surface area contributed by atoms with Crippen molar-refractivity contribution < 1.29 is 14.3 Å². The number of methoxy groups -OCH3 is 1. The monoisotopic (exact) mass is 615 g/mol. The van der Waals surface area contributed by atoms with Crippen molar-refractivity contribution in [1.29, 1.82) is 0 Å². The molecule has 44 heavy (non-hydrogen) atoms. The topological polar surface area (TPSA) is 78.6 Å². The zero-order valence-corrected chi connectivity index (χ0v) is 26.5. The summed E-state index contributed by atoms with van der Waals surface area (Å²) < 4.78 is 11.8. The first-order valence-corrected chi connectivity index (χ1v) is 15.0. The lowest BCUT2D eigenvalue weighted by Gasteiger charge is -2.41. The van der Waals surface area contributed by atoms with Gasteiger partial charge in [0, 0.05) is 48.9 Å². The Bertz CT molecular complexity index is 1560. The van der Waals surface area contributed by atoms with E-state index in [-0.39, 0.29) is 32.0 Å². The summed E-state index contributed by atoms with van der Waals surface area (Å²) in [6, 6.07) is 13.1. The molecule has 2 saturated heterocycles. The van der Waals surface area contributed by atoms with Crippen LogP contribution in [0.3, 0.4) is 0 Å². The number of carbonyl (C=O) groups is 1. The van der Waals surface area contributed by atoms with Gasteiger partial charge in [-0.3, -0.25) is 4.79 Å². The fourth-order valence-electron chi connectivity index (χ4n) is 6.64. The molecular formula is C33H41N7O3S. The lowest BCUT2D eigenvalue weighted by molar-refractivity contribution is -0.128. The summed E-state index contributed by atoms with van der Waals surface area (Å²) in [5, 5.41) is 2.31. The average molecular weight is 616 g/mol. The van der Waals surface area contributed by atoms with E-state index >= 15 is 0 Å². The highest BCUT2D eigenvalue weighted by atomic mass is 32.1. The Hall–Kier alpha value is -4.01. The van der Waals surface area contributed by atoms with Gasteiger partial charge in [-0.25, -0.2) is 6.57 Å². The highest BCUT2D eigenvalue weighted by Crippen LogP contribution is 2.36. The molecular weight excluding hydrogens is 574 g/mol. The molecule has 2 aromatic carbocycles. The molecule has 0 aliphatic carbocycles. The Labute approximate surface area is 266 Å². The maximum atomic E-state index is 12.5. The van der Waals surface area contributed by atoms with Gasteiger partial charge in [0.05, 0.1) is 19.3 Å². The van der Waals surface area contributed by atoms with Gasteiger partial charge < -0.3 is 33.9 Å². The third kappa shape index (κ3) is 6.28. The van der Waals surface area contributed by atoms with Gasteiger partial charge in [0.15, 0.2) is 0 Å². The largest absolute Gasteiger partial charge is 0.497 e. The van der Waals surface area contributed by atoms with Crippen molar-refractivity contribution in [1.82, 2.24) is 19.8 Å². The third-order valence-corrected chi connectivity index (χ3v) is 9.05. The maximum absolute atomic E-state index is 12.5. The molecule has 1 unspecified atom stereocenters. The standard InChI is InChI=1S/C33H39N7O3.H2S/c1-5-31(41)40-17-16-39(20-25(40)19-34-2)32-27-13-15-38(30-10-6-8-23-11-12-26(42-4)18-28(23)30)21-29(27)35-33(36-32)43-22-24-9-7-14-37(24)3;/h5-6,8,10-12,18,24-25H,1,7,9,13-17,19-22H2,3-4H3;1H2/t24-,25?;/m0./s1. The molecule has 3 aromatic rings. The zero-order valence-electron chi connectivity index (χ0n) is 25.5. The molecule has 2 fully saturated rings. The zero-order chi connectivity index (χ0) is 29.9. The van der Waals surface area contributed by atoms with Gasteiger partial charge >= 0.3 is 6.01 Å². The number of ether oxygens (including phenoxy) is 2. The van der Waals surface area contributed by atoms with Crippen molar-refractivity contribution in [3.05, 3.63) is 71.7 Å². The van der Waals surface area contributed by atoms with E-state index in [9.17, 15) is 4.79 Å². The Kier molecular flexibility index (Phi) is 9.81. The number of nitrogens with zero attached hydrogens (tertiary/aromatic N) is 7. The summed E-state index contributed by atoms with van der Waals surface area (Å²) >= 11 is 0. The van der Waals surface area contributed by atoms with Gasteiger partial charge in [0.25, 0.3) is 0 Å². The molecule has 6 rings (SSSR count). The van der Waals surface area contributed by atoms with Crippen LogP contribution in [0.1, 0.15) is 24.1 Å². The van der Waals surface area contributed by atoms with Crippen LogP contribution in [0.15, 0.2) is 49.1 Å². The molecule has 0 spiro atoms. The molecule has 0 saturated carbocycles. The smallest absolute Gasteiger partial charge is 0.318 e. The molecule has 2 atom stereocenters. The summed E-state index contributed by atoms with van der Waals surface area (Å²) in [6.07, 6.45) is 4.38. The lowest BCUT2D eigenvalue weighted by atomic mass is 10.0. The first kappa shape index (κ1) is 31.4. The minimum absolute atomic E-state index is 0. The van der Waals surface area contributed by atoms with E-state index in [1.54, 1.807) is 12.0 Å². The number of hydrogen-bond donors (Lipinski definition) is 0. The fourth-order valence-corrected chi connectivity index (χ4v) is 6.64. The summed E-state index contributed by atoms with van der Waals surface area (Å²) in [5.41, 5.74) is 3.22. The third-order valence-electron chi connectivity index (χ3n) is 9.05. The van der Waals surface area contributed by atoms with Crippen LogP contribution in [0, 0.1) is 6.57 Å². The number of hydrogen-bond acceptors (Lipinski definition) is 8. The van der Waals surface area contributed by atoms with E-state index in [0.29, 0.717) is 44.8 Å². The molecule has 1 amide bonds.